The fraction of sp³-hybridized carbons (Fsp3) is 0.538. The van der Waals surface area contributed by atoms with Gasteiger partial charge in [-0.05, 0) is 25.4 Å². The lowest BCUT2D eigenvalue weighted by molar-refractivity contribution is -0.119. The zero-order chi connectivity index (χ0) is 19.7. The van der Waals surface area contributed by atoms with Crippen LogP contribution in [0.4, 0.5) is 10.6 Å². The summed E-state index contributed by atoms with van der Waals surface area (Å²) in [6.07, 6.45) is -0.539. The molecule has 0 saturated carbocycles. The zero-order valence-corrected chi connectivity index (χ0v) is 17.4. The molecule has 0 radical (unpaired) electrons. The van der Waals surface area contributed by atoms with Crippen molar-refractivity contribution >= 4 is 75.0 Å². The minimum atomic E-state index is -2.28. The van der Waals surface area contributed by atoms with E-state index in [0.29, 0.717) is 28.6 Å². The molecule has 144 valence electrons. The van der Waals surface area contributed by atoms with Gasteiger partial charge in [0.1, 0.15) is 17.3 Å². The number of rotatable bonds is 4. The Morgan fingerprint density at radius 1 is 1.27 bits per heavy atom. The summed E-state index contributed by atoms with van der Waals surface area (Å²) in [5.41, 5.74) is -0.216. The molecule has 0 aromatic carbocycles. The first-order chi connectivity index (χ1) is 11.9. The minimum Gasteiger partial charge on any atom is -0.447 e. The summed E-state index contributed by atoms with van der Waals surface area (Å²) in [5.74, 6) is -0.381. The number of alkyl carbamates (subject to hydrolysis) is 1. The van der Waals surface area contributed by atoms with Crippen molar-refractivity contribution in [3.8, 4) is 0 Å². The average Bonchev–Trinajstić information content (AvgIpc) is 2.85. The van der Waals surface area contributed by atoms with Gasteiger partial charge in [0.25, 0.3) is 9.70 Å². The van der Waals surface area contributed by atoms with Crippen LogP contribution in [0.25, 0.3) is 0 Å². The molecule has 26 heavy (non-hydrogen) atoms. The van der Waals surface area contributed by atoms with Crippen LogP contribution in [-0.2, 0) is 26.8 Å². The van der Waals surface area contributed by atoms with Crippen LogP contribution in [0.15, 0.2) is 4.90 Å². The number of hydrogen-bond donors (Lipinski definition) is 2. The number of anilines is 1. The van der Waals surface area contributed by atoms with Gasteiger partial charge in [-0.1, -0.05) is 34.8 Å². The summed E-state index contributed by atoms with van der Waals surface area (Å²) in [5, 5.41) is 4.85. The van der Waals surface area contributed by atoms with Crippen LogP contribution in [0.3, 0.4) is 0 Å². The number of carbonyl (C=O) groups excluding carboxylic acids is 2. The Bertz CT molecular complexity index is 769. The fourth-order valence-electron chi connectivity index (χ4n) is 2.05. The molecule has 1 aliphatic heterocycles. The molecule has 0 aliphatic carbocycles. The highest BCUT2D eigenvalue weighted by Crippen LogP contribution is 2.30. The van der Waals surface area contributed by atoms with E-state index < -0.39 is 32.1 Å². The minimum absolute atomic E-state index is 0.0212. The van der Waals surface area contributed by atoms with Crippen molar-refractivity contribution in [2.24, 2.45) is 0 Å². The molecule has 2 amide bonds. The Kier molecular flexibility index (Phi) is 6.61. The van der Waals surface area contributed by atoms with Gasteiger partial charge in [-0.3, -0.25) is 14.3 Å². The standard InChI is InChI=1S/C13H14Cl4N4O4S/c1-12(2,5-25-11(23)20-9(22)13(15,16)17)21-8-7-6(3-4-26(7)24)18-10(14)19-8/h3-5H2,1-2H3,(H,18,19,21)(H,20,22,23)/t26-/m1/s1. The summed E-state index contributed by atoms with van der Waals surface area (Å²) >= 11 is 22.0. The molecule has 2 heterocycles. The lowest BCUT2D eigenvalue weighted by atomic mass is 10.1. The highest BCUT2D eigenvalue weighted by molar-refractivity contribution is 7.85. The van der Waals surface area contributed by atoms with Crippen LogP contribution >= 0.6 is 46.4 Å². The number of aryl methyl sites for hydroxylation is 1. The van der Waals surface area contributed by atoms with Crippen LogP contribution in [0, 0.1) is 0 Å². The van der Waals surface area contributed by atoms with Crippen molar-refractivity contribution in [3.63, 3.8) is 0 Å². The number of carbonyl (C=O) groups is 2. The number of ether oxygens (including phenoxy) is 1. The van der Waals surface area contributed by atoms with E-state index in [2.05, 4.69) is 15.3 Å². The first-order valence-corrected chi connectivity index (χ1v) is 10.00. The summed E-state index contributed by atoms with van der Waals surface area (Å²) in [7, 11) is -1.24. The van der Waals surface area contributed by atoms with Crippen molar-refractivity contribution in [1.29, 1.82) is 0 Å². The van der Waals surface area contributed by atoms with Crippen LogP contribution in [0.1, 0.15) is 19.5 Å². The van der Waals surface area contributed by atoms with Gasteiger partial charge in [0.15, 0.2) is 0 Å². The molecule has 2 N–H and O–H groups in total. The van der Waals surface area contributed by atoms with Crippen molar-refractivity contribution in [1.82, 2.24) is 15.3 Å². The second kappa shape index (κ2) is 8.02. The topological polar surface area (TPSA) is 110 Å². The zero-order valence-electron chi connectivity index (χ0n) is 13.6. The van der Waals surface area contributed by atoms with Gasteiger partial charge < -0.3 is 10.1 Å². The number of hydrogen-bond acceptors (Lipinski definition) is 7. The predicted molar refractivity (Wildman–Crippen MR) is 99.5 cm³/mol. The van der Waals surface area contributed by atoms with E-state index in [9.17, 15) is 13.8 Å². The smallest absolute Gasteiger partial charge is 0.414 e. The van der Waals surface area contributed by atoms with Gasteiger partial charge in [0, 0.05) is 12.2 Å². The molecule has 13 heteroatoms. The summed E-state index contributed by atoms with van der Waals surface area (Å²) in [4.78, 5) is 31.7. The van der Waals surface area contributed by atoms with Crippen LogP contribution in [0.5, 0.6) is 0 Å². The maximum atomic E-state index is 12.1. The van der Waals surface area contributed by atoms with Gasteiger partial charge in [-0.2, -0.15) is 4.98 Å². The van der Waals surface area contributed by atoms with Gasteiger partial charge in [0.05, 0.1) is 22.0 Å². The molecule has 0 saturated heterocycles. The molecular weight excluding hydrogens is 450 g/mol. The molecule has 1 aromatic rings. The molecule has 1 aliphatic rings. The molecule has 0 bridgehead atoms. The normalized spacial score (nSPS) is 16.8. The average molecular weight is 464 g/mol. The Balaban J connectivity index is 2.03. The summed E-state index contributed by atoms with van der Waals surface area (Å²) in [6.45, 7) is 3.24. The molecule has 0 spiro atoms. The van der Waals surface area contributed by atoms with Gasteiger partial charge in [-0.15, -0.1) is 0 Å². The lowest BCUT2D eigenvalue weighted by Gasteiger charge is -2.27. The lowest BCUT2D eigenvalue weighted by Crippen LogP contribution is -2.43. The summed E-state index contributed by atoms with van der Waals surface area (Å²) < 4.78 is 14.8. The quantitative estimate of drug-likeness (QED) is 0.521. The molecule has 2 rings (SSSR count). The third kappa shape index (κ3) is 5.56. The van der Waals surface area contributed by atoms with Crippen molar-refractivity contribution in [2.45, 2.75) is 34.5 Å². The third-order valence-corrected chi connectivity index (χ3v) is 5.30. The highest BCUT2D eigenvalue weighted by Gasteiger charge is 2.33. The van der Waals surface area contributed by atoms with E-state index >= 15 is 0 Å². The van der Waals surface area contributed by atoms with Crippen LogP contribution in [-0.4, -0.2) is 47.9 Å². The molecule has 1 aromatic heterocycles. The molecular formula is C13H14Cl4N4O4S. The number of imide groups is 1. The molecule has 0 fully saturated rings. The van der Waals surface area contributed by atoms with Gasteiger partial charge in [0.2, 0.25) is 5.28 Å². The van der Waals surface area contributed by atoms with E-state index in [1.807, 2.05) is 0 Å². The van der Waals surface area contributed by atoms with E-state index in [0.717, 1.165) is 0 Å². The first kappa shape index (κ1) is 21.4. The van der Waals surface area contributed by atoms with E-state index in [4.69, 9.17) is 51.1 Å². The summed E-state index contributed by atoms with van der Waals surface area (Å²) in [6, 6.07) is 0. The number of fused-ring (bicyclic) bond motifs is 1. The molecule has 1 atom stereocenters. The van der Waals surface area contributed by atoms with Crippen molar-refractivity contribution in [3.05, 3.63) is 11.0 Å². The number of alkyl halides is 3. The number of nitrogens with one attached hydrogen (secondary N) is 2. The second-order valence-corrected chi connectivity index (χ2v) is 10.1. The predicted octanol–water partition coefficient (Wildman–Crippen LogP) is 2.61. The van der Waals surface area contributed by atoms with Crippen molar-refractivity contribution < 1.29 is 18.5 Å². The SMILES string of the molecule is CC(C)(COC(=O)NC(=O)C(Cl)(Cl)Cl)Nc1nc(Cl)nc2c1[S@](=O)CC2. The van der Waals surface area contributed by atoms with E-state index in [1.54, 1.807) is 19.2 Å². The molecule has 0 unspecified atom stereocenters. The van der Waals surface area contributed by atoms with E-state index in [1.165, 1.54) is 0 Å². The number of nitrogens with zero attached hydrogens (tertiary/aromatic N) is 2. The number of aromatic nitrogens is 2. The van der Waals surface area contributed by atoms with Crippen LogP contribution in [0.2, 0.25) is 5.28 Å². The number of amides is 2. The first-order valence-electron chi connectivity index (χ1n) is 7.17. The Labute approximate surface area is 171 Å². The largest absolute Gasteiger partial charge is 0.447 e. The van der Waals surface area contributed by atoms with E-state index in [-0.39, 0.29) is 11.9 Å². The Hall–Kier alpha value is -0.870. The fourth-order valence-corrected chi connectivity index (χ4v) is 3.69. The Morgan fingerprint density at radius 2 is 1.92 bits per heavy atom. The van der Waals surface area contributed by atoms with Gasteiger partial charge in [-0.25, -0.2) is 9.78 Å². The maximum Gasteiger partial charge on any atom is 0.414 e. The molecule has 8 nitrogen and oxygen atoms in total. The highest BCUT2D eigenvalue weighted by atomic mass is 35.6. The second-order valence-electron chi connectivity index (χ2n) is 5.95. The Morgan fingerprint density at radius 3 is 2.54 bits per heavy atom. The third-order valence-electron chi connectivity index (χ3n) is 3.15. The number of halogens is 4. The van der Waals surface area contributed by atoms with Crippen LogP contribution < -0.4 is 10.6 Å². The van der Waals surface area contributed by atoms with Crippen molar-refractivity contribution in [2.75, 3.05) is 17.7 Å². The maximum absolute atomic E-state index is 12.1. The monoisotopic (exact) mass is 462 g/mol. The van der Waals surface area contributed by atoms with Gasteiger partial charge >= 0.3 is 6.09 Å².